The lowest BCUT2D eigenvalue weighted by atomic mass is 9.92. The fourth-order valence-corrected chi connectivity index (χ4v) is 3.00. The second-order valence-electron chi connectivity index (χ2n) is 7.65. The van der Waals surface area contributed by atoms with Crippen LogP contribution in [0.25, 0.3) is 12.2 Å². The van der Waals surface area contributed by atoms with E-state index in [4.69, 9.17) is 0 Å². The summed E-state index contributed by atoms with van der Waals surface area (Å²) in [5.74, 6) is 0.979. The first kappa shape index (κ1) is 20.8. The topological polar surface area (TPSA) is 29.9 Å². The van der Waals surface area contributed by atoms with Gasteiger partial charge in [0, 0.05) is 30.6 Å². The fraction of sp³-hybridized carbons (Fsp3) is 0.375. The van der Waals surface area contributed by atoms with E-state index in [1.54, 1.807) is 0 Å². The molecule has 144 valence electrons. The highest BCUT2D eigenvalue weighted by Crippen LogP contribution is 2.26. The van der Waals surface area contributed by atoms with Crippen LogP contribution in [0.15, 0.2) is 48.7 Å². The van der Waals surface area contributed by atoms with Gasteiger partial charge in [-0.3, -0.25) is 4.68 Å². The van der Waals surface area contributed by atoms with Gasteiger partial charge in [0.15, 0.2) is 0 Å². The number of hydrogen-bond acceptors (Lipinski definition) is 2. The summed E-state index contributed by atoms with van der Waals surface area (Å²) < 4.78 is 1.89. The monoisotopic (exact) mass is 363 g/mol. The van der Waals surface area contributed by atoms with E-state index in [2.05, 4.69) is 86.3 Å². The molecule has 1 aromatic carbocycles. The van der Waals surface area contributed by atoms with Crippen molar-refractivity contribution in [1.82, 2.24) is 9.78 Å². The molecule has 0 bridgehead atoms. The lowest BCUT2D eigenvalue weighted by Gasteiger charge is -2.14. The minimum atomic E-state index is 0.0346. The number of anilines is 1. The standard InChI is InChI=1S/C22H27N3.C2H6/c1-16(23-21-15-20(22(2,3)4)24-25(21)5)14-18-12-9-11-17-10-7-6-8-13-19(17)18;1-2/h7-13,15,23H,1,6,14H2,2-5H3;1-2H3. The molecule has 3 nitrogen and oxygen atoms in total. The lowest BCUT2D eigenvalue weighted by Crippen LogP contribution is -2.12. The molecular weight excluding hydrogens is 330 g/mol. The molecule has 3 heteroatoms. The van der Waals surface area contributed by atoms with Crippen molar-refractivity contribution in [3.05, 3.63) is 71.1 Å². The Labute approximate surface area is 164 Å². The number of rotatable bonds is 4. The Bertz CT molecular complexity index is 845. The average molecular weight is 364 g/mol. The van der Waals surface area contributed by atoms with Gasteiger partial charge in [0.2, 0.25) is 0 Å². The van der Waals surface area contributed by atoms with E-state index in [1.807, 2.05) is 25.6 Å². The maximum atomic E-state index is 4.62. The van der Waals surface area contributed by atoms with Crippen LogP contribution >= 0.6 is 0 Å². The van der Waals surface area contributed by atoms with Crippen molar-refractivity contribution in [3.8, 4) is 0 Å². The van der Waals surface area contributed by atoms with E-state index in [1.165, 1.54) is 16.7 Å². The Balaban J connectivity index is 0.00000126. The molecular formula is C24H33N3. The van der Waals surface area contributed by atoms with Gasteiger partial charge in [0.05, 0.1) is 5.69 Å². The van der Waals surface area contributed by atoms with Crippen molar-refractivity contribution in [1.29, 1.82) is 0 Å². The molecule has 0 saturated heterocycles. The molecule has 0 amide bonds. The van der Waals surface area contributed by atoms with Crippen molar-refractivity contribution in [3.63, 3.8) is 0 Å². The van der Waals surface area contributed by atoms with Gasteiger partial charge in [0.1, 0.15) is 5.82 Å². The number of nitrogens with one attached hydrogen (secondary N) is 1. The minimum absolute atomic E-state index is 0.0346. The second-order valence-corrected chi connectivity index (χ2v) is 7.65. The molecule has 1 heterocycles. The first-order valence-corrected chi connectivity index (χ1v) is 9.79. The van der Waals surface area contributed by atoms with Gasteiger partial charge in [-0.25, -0.2) is 0 Å². The van der Waals surface area contributed by atoms with Gasteiger partial charge < -0.3 is 5.32 Å². The fourth-order valence-electron chi connectivity index (χ4n) is 3.00. The molecule has 27 heavy (non-hydrogen) atoms. The van der Waals surface area contributed by atoms with Crippen LogP contribution in [0.5, 0.6) is 0 Å². The highest BCUT2D eigenvalue weighted by Gasteiger charge is 2.19. The van der Waals surface area contributed by atoms with E-state index in [9.17, 15) is 0 Å². The van der Waals surface area contributed by atoms with Crippen LogP contribution in [0.3, 0.4) is 0 Å². The maximum Gasteiger partial charge on any atom is 0.128 e. The van der Waals surface area contributed by atoms with Crippen LogP contribution in [0, 0.1) is 0 Å². The van der Waals surface area contributed by atoms with Crippen molar-refractivity contribution in [2.24, 2.45) is 7.05 Å². The first-order valence-electron chi connectivity index (χ1n) is 9.79. The third kappa shape index (κ3) is 5.22. The molecule has 0 radical (unpaired) electrons. The number of aryl methyl sites for hydroxylation is 1. The molecule has 0 unspecified atom stereocenters. The van der Waals surface area contributed by atoms with E-state index in [-0.39, 0.29) is 5.41 Å². The Morgan fingerprint density at radius 2 is 1.89 bits per heavy atom. The van der Waals surface area contributed by atoms with E-state index in [0.717, 1.165) is 30.1 Å². The normalized spacial score (nSPS) is 12.7. The zero-order chi connectivity index (χ0) is 20.0. The first-order chi connectivity index (χ1) is 12.8. The molecule has 0 atom stereocenters. The summed E-state index contributed by atoms with van der Waals surface area (Å²) in [6.45, 7) is 14.8. The lowest BCUT2D eigenvalue weighted by molar-refractivity contribution is 0.553. The summed E-state index contributed by atoms with van der Waals surface area (Å²) in [5.41, 5.74) is 5.93. The molecule has 1 aromatic heterocycles. The van der Waals surface area contributed by atoms with Crippen LogP contribution in [0.4, 0.5) is 5.82 Å². The maximum absolute atomic E-state index is 4.62. The number of hydrogen-bond donors (Lipinski definition) is 1. The molecule has 0 aliphatic heterocycles. The van der Waals surface area contributed by atoms with Gasteiger partial charge in [-0.05, 0) is 23.1 Å². The molecule has 2 aromatic rings. The van der Waals surface area contributed by atoms with Crippen molar-refractivity contribution in [2.75, 3.05) is 5.32 Å². The van der Waals surface area contributed by atoms with Gasteiger partial charge in [-0.2, -0.15) is 5.10 Å². The largest absolute Gasteiger partial charge is 0.344 e. The van der Waals surface area contributed by atoms with E-state index in [0.29, 0.717) is 0 Å². The third-order valence-corrected chi connectivity index (χ3v) is 4.44. The van der Waals surface area contributed by atoms with E-state index < -0.39 is 0 Å². The number of fused-ring (bicyclic) bond motifs is 1. The minimum Gasteiger partial charge on any atom is -0.344 e. The Morgan fingerprint density at radius 3 is 2.56 bits per heavy atom. The molecule has 1 aliphatic rings. The second kappa shape index (κ2) is 8.90. The predicted molar refractivity (Wildman–Crippen MR) is 119 cm³/mol. The molecule has 1 aliphatic carbocycles. The molecule has 1 N–H and O–H groups in total. The van der Waals surface area contributed by atoms with Crippen LogP contribution in [-0.2, 0) is 18.9 Å². The molecule has 0 fully saturated rings. The van der Waals surface area contributed by atoms with Gasteiger partial charge >= 0.3 is 0 Å². The zero-order valence-electron chi connectivity index (χ0n) is 17.6. The number of benzene rings is 1. The summed E-state index contributed by atoms with van der Waals surface area (Å²) in [4.78, 5) is 0. The predicted octanol–water partition coefficient (Wildman–Crippen LogP) is 6.34. The van der Waals surface area contributed by atoms with Gasteiger partial charge in [-0.15, -0.1) is 0 Å². The third-order valence-electron chi connectivity index (χ3n) is 4.44. The molecule has 3 rings (SSSR count). The van der Waals surface area contributed by atoms with E-state index >= 15 is 0 Å². The number of allylic oxidation sites excluding steroid dienone is 3. The SMILES string of the molecule is C=C(Cc1cccc2c1C=CCC=C2)Nc1cc(C(C)(C)C)nn1C.CC. The van der Waals surface area contributed by atoms with Crippen LogP contribution in [0.2, 0.25) is 0 Å². The Kier molecular flexibility index (Phi) is 6.84. The van der Waals surface area contributed by atoms with Crippen LogP contribution < -0.4 is 5.32 Å². The van der Waals surface area contributed by atoms with Crippen molar-refractivity contribution in [2.45, 2.75) is 52.9 Å². The Morgan fingerprint density at radius 1 is 1.19 bits per heavy atom. The number of nitrogens with zero attached hydrogens (tertiary/aromatic N) is 2. The van der Waals surface area contributed by atoms with Gasteiger partial charge in [0.25, 0.3) is 0 Å². The van der Waals surface area contributed by atoms with Crippen molar-refractivity contribution < 1.29 is 0 Å². The smallest absolute Gasteiger partial charge is 0.128 e. The molecule has 0 spiro atoms. The molecule has 0 saturated carbocycles. The van der Waals surface area contributed by atoms with Crippen molar-refractivity contribution >= 4 is 18.0 Å². The average Bonchev–Trinajstić information content (AvgIpc) is 2.84. The summed E-state index contributed by atoms with van der Waals surface area (Å²) in [6.07, 6.45) is 10.6. The summed E-state index contributed by atoms with van der Waals surface area (Å²) in [7, 11) is 1.97. The summed E-state index contributed by atoms with van der Waals surface area (Å²) >= 11 is 0. The Hall–Kier alpha value is -2.55. The summed E-state index contributed by atoms with van der Waals surface area (Å²) in [5, 5.41) is 8.05. The van der Waals surface area contributed by atoms with Gasteiger partial charge in [-0.1, -0.05) is 83.7 Å². The highest BCUT2D eigenvalue weighted by molar-refractivity contribution is 5.70. The zero-order valence-corrected chi connectivity index (χ0v) is 17.6. The van der Waals surface area contributed by atoms with Crippen LogP contribution in [-0.4, -0.2) is 9.78 Å². The summed E-state index contributed by atoms with van der Waals surface area (Å²) in [6, 6.07) is 8.57. The number of aromatic nitrogens is 2. The quantitative estimate of drug-likeness (QED) is 0.686. The highest BCUT2D eigenvalue weighted by atomic mass is 15.3. The van der Waals surface area contributed by atoms with Crippen LogP contribution in [0.1, 0.15) is 63.4 Å².